The van der Waals surface area contributed by atoms with E-state index in [0.29, 0.717) is 0 Å². The molecule has 1 rings (SSSR count). The molecule has 1 aliphatic rings. The Morgan fingerprint density at radius 3 is 2.42 bits per heavy atom. The first-order valence-corrected chi connectivity index (χ1v) is 4.45. The van der Waals surface area contributed by atoms with E-state index in [1.54, 1.807) is 13.0 Å². The molecule has 0 spiro atoms. The van der Waals surface area contributed by atoms with Gasteiger partial charge in [0.05, 0.1) is 11.2 Å². The molecular formula is C10H18O2. The molecular weight excluding hydrogens is 152 g/mol. The zero-order valence-corrected chi connectivity index (χ0v) is 8.04. The van der Waals surface area contributed by atoms with Gasteiger partial charge in [-0.25, -0.2) is 0 Å². The van der Waals surface area contributed by atoms with Gasteiger partial charge in [0, 0.05) is 5.92 Å². The average Bonchev–Trinajstić information content (AvgIpc) is 1.83. The number of rotatable bonds is 1. The molecule has 0 bridgehead atoms. The van der Waals surface area contributed by atoms with Crippen molar-refractivity contribution in [3.05, 3.63) is 12.2 Å². The van der Waals surface area contributed by atoms with Crippen molar-refractivity contribution in [3.8, 4) is 0 Å². The van der Waals surface area contributed by atoms with Gasteiger partial charge < -0.3 is 10.2 Å². The van der Waals surface area contributed by atoms with E-state index in [0.717, 1.165) is 12.8 Å². The molecule has 0 aliphatic heterocycles. The summed E-state index contributed by atoms with van der Waals surface area (Å²) in [7, 11) is 0. The lowest BCUT2D eigenvalue weighted by molar-refractivity contribution is 0.0114. The van der Waals surface area contributed by atoms with Crippen LogP contribution < -0.4 is 0 Å². The second-order valence-corrected chi connectivity index (χ2v) is 4.52. The molecule has 70 valence electrons. The van der Waals surface area contributed by atoms with Gasteiger partial charge in [0.25, 0.3) is 0 Å². The van der Waals surface area contributed by atoms with Gasteiger partial charge in [0.1, 0.15) is 0 Å². The largest absolute Gasteiger partial charge is 0.390 e. The Morgan fingerprint density at radius 1 is 1.50 bits per heavy atom. The third-order valence-electron chi connectivity index (χ3n) is 2.56. The molecule has 0 amide bonds. The van der Waals surface area contributed by atoms with E-state index in [1.165, 1.54) is 0 Å². The molecule has 1 unspecified atom stereocenters. The van der Waals surface area contributed by atoms with E-state index >= 15 is 0 Å². The maximum Gasteiger partial charge on any atom is 0.0800 e. The van der Waals surface area contributed by atoms with Gasteiger partial charge in [-0.1, -0.05) is 12.2 Å². The summed E-state index contributed by atoms with van der Waals surface area (Å²) < 4.78 is 0. The molecule has 0 saturated carbocycles. The smallest absolute Gasteiger partial charge is 0.0800 e. The summed E-state index contributed by atoms with van der Waals surface area (Å²) in [5.74, 6) is 0.178. The molecule has 2 nitrogen and oxygen atoms in total. The van der Waals surface area contributed by atoms with Crippen molar-refractivity contribution in [2.75, 3.05) is 0 Å². The van der Waals surface area contributed by atoms with Crippen LogP contribution in [-0.4, -0.2) is 21.4 Å². The molecule has 0 aromatic carbocycles. The predicted molar refractivity (Wildman–Crippen MR) is 48.8 cm³/mol. The van der Waals surface area contributed by atoms with Crippen molar-refractivity contribution in [3.63, 3.8) is 0 Å². The maximum absolute atomic E-state index is 9.68. The minimum atomic E-state index is -0.665. The summed E-state index contributed by atoms with van der Waals surface area (Å²) in [6, 6.07) is 0. The van der Waals surface area contributed by atoms with Crippen LogP contribution >= 0.6 is 0 Å². The topological polar surface area (TPSA) is 40.5 Å². The van der Waals surface area contributed by atoms with Gasteiger partial charge in [-0.3, -0.25) is 0 Å². The second-order valence-electron chi connectivity index (χ2n) is 4.52. The highest BCUT2D eigenvalue weighted by atomic mass is 16.3. The van der Waals surface area contributed by atoms with E-state index in [9.17, 15) is 10.2 Å². The molecule has 0 saturated heterocycles. The summed E-state index contributed by atoms with van der Waals surface area (Å²) in [5.41, 5.74) is -1.32. The Kier molecular flexibility index (Phi) is 2.32. The van der Waals surface area contributed by atoms with Gasteiger partial charge in [0.2, 0.25) is 0 Å². The molecule has 2 heteroatoms. The van der Waals surface area contributed by atoms with E-state index in [1.807, 2.05) is 19.9 Å². The highest BCUT2D eigenvalue weighted by molar-refractivity contribution is 5.08. The summed E-state index contributed by atoms with van der Waals surface area (Å²) in [6.45, 7) is 5.41. The molecule has 2 atom stereocenters. The van der Waals surface area contributed by atoms with Gasteiger partial charge in [0.15, 0.2) is 0 Å². The monoisotopic (exact) mass is 170 g/mol. The van der Waals surface area contributed by atoms with Gasteiger partial charge in [-0.2, -0.15) is 0 Å². The Hall–Kier alpha value is -0.340. The third kappa shape index (κ3) is 2.32. The second kappa shape index (κ2) is 2.86. The van der Waals surface area contributed by atoms with Gasteiger partial charge in [-0.05, 0) is 33.6 Å². The first kappa shape index (κ1) is 9.75. The lowest BCUT2D eigenvalue weighted by Crippen LogP contribution is -2.35. The minimum absolute atomic E-state index is 0.178. The Bertz CT molecular complexity index is 187. The fourth-order valence-corrected chi connectivity index (χ4v) is 1.54. The SMILES string of the molecule is CC(C)(O)C1C=C[C@@](C)(O)CC1. The van der Waals surface area contributed by atoms with E-state index in [4.69, 9.17) is 0 Å². The fourth-order valence-electron chi connectivity index (χ4n) is 1.54. The summed E-state index contributed by atoms with van der Waals surface area (Å²) in [6.07, 6.45) is 5.30. The molecule has 0 aromatic heterocycles. The van der Waals surface area contributed by atoms with Crippen LogP contribution in [0, 0.1) is 5.92 Å². The van der Waals surface area contributed by atoms with Crippen LogP contribution in [0.25, 0.3) is 0 Å². The van der Waals surface area contributed by atoms with Crippen LogP contribution in [0.1, 0.15) is 33.6 Å². The average molecular weight is 170 g/mol. The van der Waals surface area contributed by atoms with Gasteiger partial charge in [-0.15, -0.1) is 0 Å². The number of hydrogen-bond acceptors (Lipinski definition) is 2. The molecule has 0 radical (unpaired) electrons. The van der Waals surface area contributed by atoms with Crippen LogP contribution in [0.5, 0.6) is 0 Å². The zero-order valence-electron chi connectivity index (χ0n) is 8.04. The summed E-state index contributed by atoms with van der Waals surface area (Å²) in [4.78, 5) is 0. The van der Waals surface area contributed by atoms with E-state index < -0.39 is 11.2 Å². The van der Waals surface area contributed by atoms with Crippen molar-refractivity contribution in [2.45, 2.75) is 44.8 Å². The van der Waals surface area contributed by atoms with Crippen molar-refractivity contribution in [1.82, 2.24) is 0 Å². The normalized spacial score (nSPS) is 36.9. The molecule has 12 heavy (non-hydrogen) atoms. The Morgan fingerprint density at radius 2 is 2.08 bits per heavy atom. The zero-order chi connectivity index (χ0) is 9.41. The van der Waals surface area contributed by atoms with Gasteiger partial charge >= 0.3 is 0 Å². The lowest BCUT2D eigenvalue weighted by Gasteiger charge is -2.33. The van der Waals surface area contributed by atoms with Crippen molar-refractivity contribution < 1.29 is 10.2 Å². The summed E-state index contributed by atoms with van der Waals surface area (Å²) >= 11 is 0. The number of hydrogen-bond donors (Lipinski definition) is 2. The Balaban J connectivity index is 2.67. The Labute approximate surface area is 73.9 Å². The van der Waals surface area contributed by atoms with E-state index in [-0.39, 0.29) is 5.92 Å². The van der Waals surface area contributed by atoms with Crippen LogP contribution in [-0.2, 0) is 0 Å². The molecule has 0 aromatic rings. The molecule has 1 aliphatic carbocycles. The summed E-state index contributed by atoms with van der Waals surface area (Å²) in [5, 5.41) is 19.3. The minimum Gasteiger partial charge on any atom is -0.390 e. The first-order valence-electron chi connectivity index (χ1n) is 4.45. The highest BCUT2D eigenvalue weighted by Crippen LogP contribution is 2.31. The third-order valence-corrected chi connectivity index (χ3v) is 2.56. The van der Waals surface area contributed by atoms with Crippen molar-refractivity contribution in [1.29, 1.82) is 0 Å². The number of aliphatic hydroxyl groups is 2. The fraction of sp³-hybridized carbons (Fsp3) is 0.800. The molecule has 2 N–H and O–H groups in total. The van der Waals surface area contributed by atoms with Crippen molar-refractivity contribution in [2.24, 2.45) is 5.92 Å². The van der Waals surface area contributed by atoms with Crippen LogP contribution in [0.15, 0.2) is 12.2 Å². The van der Waals surface area contributed by atoms with Crippen molar-refractivity contribution >= 4 is 0 Å². The quantitative estimate of drug-likeness (QED) is 0.585. The van der Waals surface area contributed by atoms with E-state index in [2.05, 4.69) is 0 Å². The standard InChI is InChI=1S/C10H18O2/c1-9(2,11)8-4-6-10(3,12)7-5-8/h4,6,8,11-12H,5,7H2,1-3H3/t8?,10-/m1/s1. The van der Waals surface area contributed by atoms with Crippen LogP contribution in [0.4, 0.5) is 0 Å². The molecule has 0 heterocycles. The highest BCUT2D eigenvalue weighted by Gasteiger charge is 2.31. The van der Waals surface area contributed by atoms with Crippen LogP contribution in [0.3, 0.4) is 0 Å². The van der Waals surface area contributed by atoms with Crippen LogP contribution in [0.2, 0.25) is 0 Å². The predicted octanol–water partition coefficient (Wildman–Crippen LogP) is 1.47. The lowest BCUT2D eigenvalue weighted by atomic mass is 9.79. The maximum atomic E-state index is 9.68. The first-order chi connectivity index (χ1) is 5.31. The molecule has 0 fully saturated rings.